The summed E-state index contributed by atoms with van der Waals surface area (Å²) in [4.78, 5) is 27.8. The molecule has 132 valence electrons. The molecule has 3 heterocycles. The van der Waals surface area contributed by atoms with Crippen molar-refractivity contribution in [3.63, 3.8) is 0 Å². The third-order valence-corrected chi connectivity index (χ3v) is 4.53. The molecule has 1 N–H and O–H groups in total. The topological polar surface area (TPSA) is 71.0 Å². The molecule has 2 aromatic heterocycles. The fourth-order valence-corrected chi connectivity index (χ4v) is 3.19. The molecule has 25 heavy (non-hydrogen) atoms. The highest BCUT2D eigenvalue weighted by molar-refractivity contribution is 5.78. The minimum absolute atomic E-state index is 0.0749. The van der Waals surface area contributed by atoms with Crippen LogP contribution < -0.4 is 10.2 Å². The van der Waals surface area contributed by atoms with Gasteiger partial charge in [0.05, 0.1) is 0 Å². The Morgan fingerprint density at radius 1 is 1.20 bits per heavy atom. The van der Waals surface area contributed by atoms with Crippen molar-refractivity contribution in [3.8, 4) is 0 Å². The molecule has 6 heteroatoms. The number of nitrogens with one attached hydrogen (secondary N) is 1. The van der Waals surface area contributed by atoms with Crippen molar-refractivity contribution >= 4 is 11.9 Å². The highest BCUT2D eigenvalue weighted by Crippen LogP contribution is 2.21. The number of piperidine rings is 1. The number of carbonyl (C=O) groups is 1. The number of anilines is 1. The van der Waals surface area contributed by atoms with Gasteiger partial charge in [-0.3, -0.25) is 9.78 Å². The molecule has 6 nitrogen and oxygen atoms in total. The summed E-state index contributed by atoms with van der Waals surface area (Å²) >= 11 is 0. The van der Waals surface area contributed by atoms with Crippen LogP contribution in [0.2, 0.25) is 0 Å². The second kappa shape index (κ2) is 8.05. The summed E-state index contributed by atoms with van der Waals surface area (Å²) in [5, 5.41) is 3.04. The predicted molar refractivity (Wildman–Crippen MR) is 97.4 cm³/mol. The molecule has 0 aromatic carbocycles. The molecular formula is C19H25N5O. The Balaban J connectivity index is 1.46. The van der Waals surface area contributed by atoms with Crippen LogP contribution in [0.15, 0.2) is 30.5 Å². The van der Waals surface area contributed by atoms with Crippen LogP contribution >= 0.6 is 0 Å². The number of amides is 1. The van der Waals surface area contributed by atoms with E-state index in [1.165, 1.54) is 0 Å². The number of carbonyl (C=O) groups excluding carboxylic acids is 1. The molecule has 0 aliphatic carbocycles. The predicted octanol–water partition coefficient (Wildman–Crippen LogP) is 2.06. The first-order valence-corrected chi connectivity index (χ1v) is 8.86. The largest absolute Gasteiger partial charge is 0.355 e. The Labute approximate surface area is 148 Å². The number of hydrogen-bond donors (Lipinski definition) is 1. The Hall–Kier alpha value is -2.50. The van der Waals surface area contributed by atoms with Crippen molar-refractivity contribution in [1.29, 1.82) is 0 Å². The average Bonchev–Trinajstić information content (AvgIpc) is 2.62. The van der Waals surface area contributed by atoms with E-state index >= 15 is 0 Å². The van der Waals surface area contributed by atoms with Gasteiger partial charge in [0, 0.05) is 55.3 Å². The van der Waals surface area contributed by atoms with E-state index in [4.69, 9.17) is 0 Å². The summed E-state index contributed by atoms with van der Waals surface area (Å²) in [6.07, 6.45) is 4.22. The number of hydrogen-bond acceptors (Lipinski definition) is 5. The molecule has 0 bridgehead atoms. The van der Waals surface area contributed by atoms with Gasteiger partial charge < -0.3 is 10.2 Å². The normalized spacial score (nSPS) is 15.2. The summed E-state index contributed by atoms with van der Waals surface area (Å²) in [5.41, 5.74) is 2.97. The van der Waals surface area contributed by atoms with Crippen molar-refractivity contribution in [2.45, 2.75) is 33.1 Å². The maximum atomic E-state index is 12.4. The van der Waals surface area contributed by atoms with Gasteiger partial charge in [-0.15, -0.1) is 0 Å². The first-order chi connectivity index (χ1) is 12.1. The van der Waals surface area contributed by atoms with Crippen molar-refractivity contribution in [3.05, 3.63) is 47.5 Å². The third kappa shape index (κ3) is 4.75. The van der Waals surface area contributed by atoms with E-state index in [1.807, 2.05) is 38.1 Å². The number of aryl methyl sites for hydroxylation is 2. The Morgan fingerprint density at radius 2 is 1.92 bits per heavy atom. The summed E-state index contributed by atoms with van der Waals surface area (Å²) in [5.74, 6) is 1.01. The zero-order valence-electron chi connectivity index (χ0n) is 14.9. The molecule has 1 amide bonds. The van der Waals surface area contributed by atoms with Gasteiger partial charge in [-0.05, 0) is 44.9 Å². The van der Waals surface area contributed by atoms with E-state index in [0.717, 1.165) is 55.4 Å². The Kier molecular flexibility index (Phi) is 5.58. The molecule has 0 unspecified atom stereocenters. The smallest absolute Gasteiger partial charge is 0.225 e. The second-order valence-electron chi connectivity index (χ2n) is 6.57. The summed E-state index contributed by atoms with van der Waals surface area (Å²) in [6, 6.07) is 7.82. The van der Waals surface area contributed by atoms with Gasteiger partial charge in [-0.25, -0.2) is 9.97 Å². The average molecular weight is 339 g/mol. The molecule has 1 saturated heterocycles. The fourth-order valence-electron chi connectivity index (χ4n) is 3.19. The van der Waals surface area contributed by atoms with Crippen LogP contribution in [0, 0.1) is 19.8 Å². The number of nitrogens with zero attached hydrogens (tertiary/aromatic N) is 4. The fraction of sp³-hybridized carbons (Fsp3) is 0.474. The highest BCUT2D eigenvalue weighted by Gasteiger charge is 2.26. The van der Waals surface area contributed by atoms with Crippen molar-refractivity contribution in [1.82, 2.24) is 20.3 Å². The lowest BCUT2D eigenvalue weighted by molar-refractivity contribution is -0.125. The van der Waals surface area contributed by atoms with E-state index in [-0.39, 0.29) is 11.8 Å². The van der Waals surface area contributed by atoms with Crippen LogP contribution in [0.4, 0.5) is 5.95 Å². The molecule has 0 atom stereocenters. The maximum absolute atomic E-state index is 12.4. The zero-order chi connectivity index (χ0) is 17.6. The van der Waals surface area contributed by atoms with E-state index in [0.29, 0.717) is 6.54 Å². The summed E-state index contributed by atoms with van der Waals surface area (Å²) < 4.78 is 0. The minimum atomic E-state index is 0.0749. The second-order valence-corrected chi connectivity index (χ2v) is 6.57. The van der Waals surface area contributed by atoms with Crippen molar-refractivity contribution < 1.29 is 4.79 Å². The molecule has 1 aliphatic rings. The molecule has 1 aliphatic heterocycles. The summed E-state index contributed by atoms with van der Waals surface area (Å²) in [7, 11) is 0. The van der Waals surface area contributed by atoms with E-state index < -0.39 is 0 Å². The van der Waals surface area contributed by atoms with Crippen LogP contribution in [0.25, 0.3) is 0 Å². The first-order valence-electron chi connectivity index (χ1n) is 8.86. The minimum Gasteiger partial charge on any atom is -0.355 e. The van der Waals surface area contributed by atoms with Crippen LogP contribution in [0.3, 0.4) is 0 Å². The maximum Gasteiger partial charge on any atom is 0.225 e. The lowest BCUT2D eigenvalue weighted by Gasteiger charge is -2.31. The molecule has 0 radical (unpaired) electrons. The monoisotopic (exact) mass is 339 g/mol. The van der Waals surface area contributed by atoms with Gasteiger partial charge in [0.1, 0.15) is 0 Å². The molecule has 0 saturated carbocycles. The Morgan fingerprint density at radius 3 is 2.56 bits per heavy atom. The van der Waals surface area contributed by atoms with Gasteiger partial charge in [0.2, 0.25) is 11.9 Å². The molecule has 2 aromatic rings. The Bertz CT molecular complexity index is 691. The molecule has 3 rings (SSSR count). The highest BCUT2D eigenvalue weighted by atomic mass is 16.1. The van der Waals surface area contributed by atoms with Crippen LogP contribution in [0.1, 0.15) is 29.9 Å². The van der Waals surface area contributed by atoms with E-state index in [2.05, 4.69) is 25.2 Å². The summed E-state index contributed by atoms with van der Waals surface area (Å²) in [6.45, 7) is 6.25. The first kappa shape index (κ1) is 17.3. The molecule has 0 spiro atoms. The molecule has 1 fully saturated rings. The number of rotatable bonds is 5. The number of aromatic nitrogens is 3. The third-order valence-electron chi connectivity index (χ3n) is 4.53. The van der Waals surface area contributed by atoms with Gasteiger partial charge in [-0.2, -0.15) is 0 Å². The SMILES string of the molecule is Cc1cc(C)nc(N2CCC(C(=O)NCCc3ccccn3)CC2)n1. The van der Waals surface area contributed by atoms with Crippen molar-refractivity contribution in [2.75, 3.05) is 24.5 Å². The standard InChI is InChI=1S/C19H25N5O/c1-14-13-15(2)23-19(22-14)24-11-7-16(8-12-24)18(25)21-10-6-17-5-3-4-9-20-17/h3-5,9,13,16H,6-8,10-12H2,1-2H3,(H,21,25). The lowest BCUT2D eigenvalue weighted by Crippen LogP contribution is -2.41. The van der Waals surface area contributed by atoms with Gasteiger partial charge in [0.15, 0.2) is 0 Å². The number of pyridine rings is 1. The van der Waals surface area contributed by atoms with Gasteiger partial charge in [0.25, 0.3) is 0 Å². The van der Waals surface area contributed by atoms with Crippen molar-refractivity contribution in [2.24, 2.45) is 5.92 Å². The van der Waals surface area contributed by atoms with Crippen LogP contribution in [-0.4, -0.2) is 40.5 Å². The van der Waals surface area contributed by atoms with Crippen LogP contribution in [-0.2, 0) is 11.2 Å². The molecular weight excluding hydrogens is 314 g/mol. The lowest BCUT2D eigenvalue weighted by atomic mass is 9.96. The van der Waals surface area contributed by atoms with Crippen LogP contribution in [0.5, 0.6) is 0 Å². The zero-order valence-corrected chi connectivity index (χ0v) is 14.9. The van der Waals surface area contributed by atoms with Gasteiger partial charge >= 0.3 is 0 Å². The van der Waals surface area contributed by atoms with Gasteiger partial charge in [-0.1, -0.05) is 6.07 Å². The van der Waals surface area contributed by atoms with E-state index in [1.54, 1.807) is 6.20 Å². The quantitative estimate of drug-likeness (QED) is 0.903. The van der Waals surface area contributed by atoms with E-state index in [9.17, 15) is 4.79 Å².